The van der Waals surface area contributed by atoms with E-state index in [1.165, 1.54) is 31.0 Å². The minimum Gasteiger partial charge on any atom is -0.0742 e. The molecule has 0 N–H and O–H groups in total. The Morgan fingerprint density at radius 2 is 1.53 bits per heavy atom. The van der Waals surface area contributed by atoms with Crippen LogP contribution in [0.5, 0.6) is 0 Å². The molecule has 17 heavy (non-hydrogen) atoms. The molecule has 0 nitrogen and oxygen atoms in total. The van der Waals surface area contributed by atoms with Crippen LogP contribution >= 0.6 is 0 Å². The second-order valence-corrected chi connectivity index (χ2v) is 4.91. The van der Waals surface area contributed by atoms with Crippen molar-refractivity contribution in [2.45, 2.75) is 25.6 Å². The monoisotopic (exact) mass is 220 g/mol. The van der Waals surface area contributed by atoms with Crippen LogP contribution < -0.4 is 10.9 Å². The zero-order chi connectivity index (χ0) is 11.5. The standard InChI is InChI=1S/C16H17B/c1-2-10-15(11-3-1)17-13-7-6-9-14-8-4-5-12-16(14)17/h1-5,8,10-12H,6-7,9,13H2. The fourth-order valence-electron chi connectivity index (χ4n) is 2.95. The highest BCUT2D eigenvalue weighted by atomic mass is 14.1. The second-order valence-electron chi connectivity index (χ2n) is 4.91. The summed E-state index contributed by atoms with van der Waals surface area (Å²) in [7, 11) is 0. The molecular formula is C16H17B. The van der Waals surface area contributed by atoms with Crippen LogP contribution in [0.2, 0.25) is 6.32 Å². The summed E-state index contributed by atoms with van der Waals surface area (Å²) in [6.45, 7) is 0.606. The predicted molar refractivity (Wildman–Crippen MR) is 75.7 cm³/mol. The van der Waals surface area contributed by atoms with Gasteiger partial charge in [0, 0.05) is 0 Å². The van der Waals surface area contributed by atoms with Gasteiger partial charge in [0.1, 0.15) is 0 Å². The Morgan fingerprint density at radius 3 is 2.41 bits per heavy atom. The van der Waals surface area contributed by atoms with Crippen molar-refractivity contribution in [1.82, 2.24) is 0 Å². The Kier molecular flexibility index (Phi) is 3.00. The summed E-state index contributed by atoms with van der Waals surface area (Å²) >= 11 is 0. The molecule has 2 aromatic carbocycles. The lowest BCUT2D eigenvalue weighted by Gasteiger charge is -2.14. The third-order valence-electron chi connectivity index (χ3n) is 3.82. The number of rotatable bonds is 1. The molecule has 0 saturated carbocycles. The van der Waals surface area contributed by atoms with Crippen molar-refractivity contribution in [2.75, 3.05) is 0 Å². The van der Waals surface area contributed by atoms with Gasteiger partial charge in [-0.2, -0.15) is 0 Å². The lowest BCUT2D eigenvalue weighted by atomic mass is 9.38. The van der Waals surface area contributed by atoms with Gasteiger partial charge in [0.05, 0.1) is 0 Å². The van der Waals surface area contributed by atoms with E-state index in [-0.39, 0.29) is 0 Å². The lowest BCUT2D eigenvalue weighted by Crippen LogP contribution is -2.42. The van der Waals surface area contributed by atoms with Crippen LogP contribution in [0.15, 0.2) is 54.6 Å². The van der Waals surface area contributed by atoms with Gasteiger partial charge in [-0.1, -0.05) is 83.8 Å². The fraction of sp³-hybridized carbons (Fsp3) is 0.250. The van der Waals surface area contributed by atoms with Crippen molar-refractivity contribution >= 4 is 17.6 Å². The van der Waals surface area contributed by atoms with Gasteiger partial charge < -0.3 is 0 Å². The van der Waals surface area contributed by atoms with E-state index in [2.05, 4.69) is 54.6 Å². The van der Waals surface area contributed by atoms with Crippen LogP contribution in [0.25, 0.3) is 0 Å². The SMILES string of the molecule is c1ccc(B2CCCCc3ccccc32)cc1. The molecule has 1 heteroatoms. The summed E-state index contributed by atoms with van der Waals surface area (Å²) in [5.74, 6) is 0. The lowest BCUT2D eigenvalue weighted by molar-refractivity contribution is 0.802. The molecular weight excluding hydrogens is 203 g/mol. The largest absolute Gasteiger partial charge is 0.209 e. The molecule has 0 saturated heterocycles. The van der Waals surface area contributed by atoms with Crippen LogP contribution in [0.4, 0.5) is 0 Å². The van der Waals surface area contributed by atoms with E-state index in [0.717, 1.165) is 0 Å². The van der Waals surface area contributed by atoms with Gasteiger partial charge >= 0.3 is 0 Å². The van der Waals surface area contributed by atoms with Gasteiger partial charge in [-0.15, -0.1) is 0 Å². The zero-order valence-corrected chi connectivity index (χ0v) is 10.1. The van der Waals surface area contributed by atoms with Crippen molar-refractivity contribution in [2.24, 2.45) is 0 Å². The minimum absolute atomic E-state index is 0.606. The van der Waals surface area contributed by atoms with Crippen molar-refractivity contribution in [3.63, 3.8) is 0 Å². The summed E-state index contributed by atoms with van der Waals surface area (Å²) in [6, 6.07) is 19.9. The maximum absolute atomic E-state index is 2.32. The molecule has 1 aliphatic heterocycles. The molecule has 0 aromatic heterocycles. The van der Waals surface area contributed by atoms with Crippen molar-refractivity contribution in [3.8, 4) is 0 Å². The number of hydrogen-bond acceptors (Lipinski definition) is 0. The molecule has 0 amide bonds. The maximum atomic E-state index is 2.32. The van der Waals surface area contributed by atoms with Crippen LogP contribution in [0.3, 0.4) is 0 Å². The molecule has 0 fully saturated rings. The highest BCUT2D eigenvalue weighted by molar-refractivity contribution is 6.85. The van der Waals surface area contributed by atoms with E-state index in [4.69, 9.17) is 0 Å². The topological polar surface area (TPSA) is 0 Å². The summed E-state index contributed by atoms with van der Waals surface area (Å²) in [4.78, 5) is 0. The number of fused-ring (bicyclic) bond motifs is 1. The normalized spacial score (nSPS) is 15.2. The summed E-state index contributed by atoms with van der Waals surface area (Å²) in [5, 5.41) is 0. The van der Waals surface area contributed by atoms with Gasteiger partial charge in [-0.05, 0) is 12.8 Å². The summed E-state index contributed by atoms with van der Waals surface area (Å²) in [5.41, 5.74) is 4.58. The fourth-order valence-corrected chi connectivity index (χ4v) is 2.95. The number of aryl methyl sites for hydroxylation is 1. The molecule has 0 radical (unpaired) electrons. The Labute approximate surface area is 104 Å². The highest BCUT2D eigenvalue weighted by Gasteiger charge is 2.23. The van der Waals surface area contributed by atoms with Gasteiger partial charge in [0.15, 0.2) is 0 Å². The summed E-state index contributed by atoms with van der Waals surface area (Å²) in [6.07, 6.45) is 5.22. The van der Waals surface area contributed by atoms with Crippen molar-refractivity contribution in [1.29, 1.82) is 0 Å². The van der Waals surface area contributed by atoms with Crippen molar-refractivity contribution < 1.29 is 0 Å². The number of benzene rings is 2. The molecule has 84 valence electrons. The average Bonchev–Trinajstić information content (AvgIpc) is 2.62. The van der Waals surface area contributed by atoms with Crippen LogP contribution in [-0.2, 0) is 6.42 Å². The quantitative estimate of drug-likeness (QED) is 0.648. The van der Waals surface area contributed by atoms with Crippen LogP contribution in [0.1, 0.15) is 18.4 Å². The first kappa shape index (κ1) is 10.6. The average molecular weight is 220 g/mol. The first-order chi connectivity index (χ1) is 8.45. The minimum atomic E-state index is 0.606. The highest BCUT2D eigenvalue weighted by Crippen LogP contribution is 2.14. The summed E-state index contributed by atoms with van der Waals surface area (Å²) < 4.78 is 0. The molecule has 0 unspecified atom stereocenters. The van der Waals surface area contributed by atoms with E-state index in [0.29, 0.717) is 6.71 Å². The first-order valence-corrected chi connectivity index (χ1v) is 6.58. The van der Waals surface area contributed by atoms with E-state index in [1.54, 1.807) is 11.0 Å². The molecule has 1 heterocycles. The van der Waals surface area contributed by atoms with E-state index in [9.17, 15) is 0 Å². The Morgan fingerprint density at radius 1 is 0.765 bits per heavy atom. The predicted octanol–water partition coefficient (Wildman–Crippen LogP) is 2.63. The Hall–Kier alpha value is -1.50. The van der Waals surface area contributed by atoms with Crippen LogP contribution in [-0.4, -0.2) is 6.71 Å². The first-order valence-electron chi connectivity index (χ1n) is 6.58. The molecule has 3 rings (SSSR count). The zero-order valence-electron chi connectivity index (χ0n) is 10.1. The Bertz CT molecular complexity index is 490. The molecule has 2 aromatic rings. The van der Waals surface area contributed by atoms with Crippen molar-refractivity contribution in [3.05, 3.63) is 60.2 Å². The van der Waals surface area contributed by atoms with Crippen LogP contribution in [0, 0.1) is 0 Å². The third kappa shape index (κ3) is 2.15. The molecule has 1 aliphatic rings. The van der Waals surface area contributed by atoms with Gasteiger partial charge in [0.25, 0.3) is 0 Å². The molecule has 0 bridgehead atoms. The maximum Gasteiger partial charge on any atom is 0.209 e. The molecule has 0 atom stereocenters. The van der Waals surface area contributed by atoms with E-state index in [1.807, 2.05) is 0 Å². The van der Waals surface area contributed by atoms with E-state index >= 15 is 0 Å². The van der Waals surface area contributed by atoms with Gasteiger partial charge in [-0.25, -0.2) is 0 Å². The van der Waals surface area contributed by atoms with Gasteiger partial charge in [-0.3, -0.25) is 0 Å². The smallest absolute Gasteiger partial charge is 0.0742 e. The van der Waals surface area contributed by atoms with Gasteiger partial charge in [0.2, 0.25) is 6.71 Å². The number of hydrogen-bond donors (Lipinski definition) is 0. The third-order valence-corrected chi connectivity index (χ3v) is 3.82. The van der Waals surface area contributed by atoms with E-state index < -0.39 is 0 Å². The second kappa shape index (κ2) is 4.79. The Balaban J connectivity index is 2.06. The molecule has 0 spiro atoms. The molecule has 0 aliphatic carbocycles.